The number of aliphatic imine (C=N–C) groups is 1. The van der Waals surface area contributed by atoms with Gasteiger partial charge in [-0.05, 0) is 6.92 Å². The Hall–Kier alpha value is -1.59. The Balaban J connectivity index is 2.02. The van der Waals surface area contributed by atoms with Gasteiger partial charge in [0.15, 0.2) is 11.8 Å². The van der Waals surface area contributed by atoms with Crippen LogP contribution in [0.4, 0.5) is 0 Å². The molecule has 1 aromatic heterocycles. The van der Waals surface area contributed by atoms with E-state index in [-0.39, 0.29) is 6.04 Å². The number of rotatable bonds is 2. The van der Waals surface area contributed by atoms with E-state index in [1.165, 1.54) is 0 Å². The van der Waals surface area contributed by atoms with E-state index < -0.39 is 0 Å². The lowest BCUT2D eigenvalue weighted by Crippen LogP contribution is -2.36. The fraction of sp³-hybridized carbons (Fsp3) is 0.625. The number of guanidine groups is 1. The molecule has 0 bridgehead atoms. The molecule has 1 aliphatic heterocycles. The van der Waals surface area contributed by atoms with E-state index in [4.69, 9.17) is 0 Å². The molecule has 0 radical (unpaired) electrons. The van der Waals surface area contributed by atoms with E-state index in [2.05, 4.69) is 25.8 Å². The number of nitrogens with zero attached hydrogens (tertiary/aromatic N) is 4. The second-order valence-corrected chi connectivity index (χ2v) is 3.32. The lowest BCUT2D eigenvalue weighted by Gasteiger charge is -2.13. The summed E-state index contributed by atoms with van der Waals surface area (Å²) in [6, 6.07) is 0.117. The highest BCUT2D eigenvalue weighted by Gasteiger charge is 2.14. The zero-order valence-electron chi connectivity index (χ0n) is 8.36. The Morgan fingerprint density at radius 2 is 2.50 bits per heavy atom. The third kappa shape index (κ3) is 1.68. The van der Waals surface area contributed by atoms with Gasteiger partial charge in [-0.1, -0.05) is 0 Å². The third-order valence-electron chi connectivity index (χ3n) is 2.16. The SMILES string of the molecule is CC(NC1=NCCN1)c1nncn1C. The van der Waals surface area contributed by atoms with E-state index in [0.29, 0.717) is 0 Å². The van der Waals surface area contributed by atoms with Crippen LogP contribution in [0.3, 0.4) is 0 Å². The lowest BCUT2D eigenvalue weighted by atomic mass is 10.3. The summed E-state index contributed by atoms with van der Waals surface area (Å²) in [5.74, 6) is 1.75. The molecule has 0 fully saturated rings. The summed E-state index contributed by atoms with van der Waals surface area (Å²) in [6.45, 7) is 3.79. The topological polar surface area (TPSA) is 67.1 Å². The largest absolute Gasteiger partial charge is 0.355 e. The van der Waals surface area contributed by atoms with Crippen molar-refractivity contribution in [2.24, 2.45) is 12.0 Å². The van der Waals surface area contributed by atoms with Crippen LogP contribution in [0.2, 0.25) is 0 Å². The molecule has 1 aliphatic rings. The summed E-state index contributed by atoms with van der Waals surface area (Å²) in [6.07, 6.45) is 1.69. The van der Waals surface area contributed by atoms with Crippen molar-refractivity contribution in [2.45, 2.75) is 13.0 Å². The number of aromatic nitrogens is 3. The smallest absolute Gasteiger partial charge is 0.191 e. The molecule has 0 spiro atoms. The highest BCUT2D eigenvalue weighted by molar-refractivity contribution is 5.81. The van der Waals surface area contributed by atoms with Gasteiger partial charge in [-0.2, -0.15) is 0 Å². The third-order valence-corrected chi connectivity index (χ3v) is 2.16. The van der Waals surface area contributed by atoms with Gasteiger partial charge in [0, 0.05) is 13.6 Å². The Morgan fingerprint density at radius 1 is 1.64 bits per heavy atom. The van der Waals surface area contributed by atoms with Crippen molar-refractivity contribution in [3.05, 3.63) is 12.2 Å². The predicted octanol–water partition coefficient (Wildman–Crippen LogP) is -0.575. The van der Waals surface area contributed by atoms with Gasteiger partial charge in [0.2, 0.25) is 0 Å². The maximum atomic E-state index is 4.25. The molecule has 2 rings (SSSR count). The molecule has 6 heteroatoms. The van der Waals surface area contributed by atoms with E-state index >= 15 is 0 Å². The normalized spacial score (nSPS) is 17.4. The first-order valence-corrected chi connectivity index (χ1v) is 4.66. The van der Waals surface area contributed by atoms with Crippen molar-refractivity contribution in [1.82, 2.24) is 25.4 Å². The average molecular weight is 194 g/mol. The Kier molecular flexibility index (Phi) is 2.34. The molecular formula is C8H14N6. The molecule has 0 amide bonds. The highest BCUT2D eigenvalue weighted by atomic mass is 15.3. The van der Waals surface area contributed by atoms with Gasteiger partial charge in [-0.25, -0.2) is 0 Å². The Morgan fingerprint density at radius 3 is 3.07 bits per heavy atom. The van der Waals surface area contributed by atoms with E-state index in [9.17, 15) is 0 Å². The van der Waals surface area contributed by atoms with E-state index in [1.807, 2.05) is 18.5 Å². The maximum absolute atomic E-state index is 4.25. The van der Waals surface area contributed by atoms with Crippen molar-refractivity contribution in [3.8, 4) is 0 Å². The van der Waals surface area contributed by atoms with Gasteiger partial charge >= 0.3 is 0 Å². The van der Waals surface area contributed by atoms with E-state index in [0.717, 1.165) is 24.9 Å². The van der Waals surface area contributed by atoms with Gasteiger partial charge in [-0.3, -0.25) is 4.99 Å². The molecule has 1 aromatic rings. The van der Waals surface area contributed by atoms with Crippen molar-refractivity contribution in [1.29, 1.82) is 0 Å². The van der Waals surface area contributed by atoms with Crippen molar-refractivity contribution < 1.29 is 0 Å². The monoisotopic (exact) mass is 194 g/mol. The van der Waals surface area contributed by atoms with Gasteiger partial charge in [0.1, 0.15) is 6.33 Å². The minimum absolute atomic E-state index is 0.117. The van der Waals surface area contributed by atoms with Crippen LogP contribution < -0.4 is 10.6 Å². The molecular weight excluding hydrogens is 180 g/mol. The summed E-state index contributed by atoms with van der Waals surface area (Å²) >= 11 is 0. The van der Waals surface area contributed by atoms with Crippen molar-refractivity contribution in [2.75, 3.05) is 13.1 Å². The van der Waals surface area contributed by atoms with Crippen LogP contribution in [-0.2, 0) is 7.05 Å². The van der Waals surface area contributed by atoms with Crippen LogP contribution in [0, 0.1) is 0 Å². The van der Waals surface area contributed by atoms with Crippen LogP contribution in [0.1, 0.15) is 18.8 Å². The first-order chi connectivity index (χ1) is 6.77. The zero-order valence-corrected chi connectivity index (χ0v) is 8.36. The standard InChI is InChI=1S/C8H14N6/c1-6(7-13-11-5-14(7)2)12-8-9-3-4-10-8/h5-6H,3-4H2,1-2H3,(H2,9,10,12). The summed E-state index contributed by atoms with van der Waals surface area (Å²) in [4.78, 5) is 4.25. The molecule has 14 heavy (non-hydrogen) atoms. The Labute approximate surface area is 82.4 Å². The quantitative estimate of drug-likeness (QED) is 0.661. The summed E-state index contributed by atoms with van der Waals surface area (Å²) in [7, 11) is 1.93. The molecule has 0 saturated heterocycles. The van der Waals surface area contributed by atoms with Crippen LogP contribution in [-0.4, -0.2) is 33.8 Å². The number of hydrogen-bond donors (Lipinski definition) is 2. The van der Waals surface area contributed by atoms with Crippen LogP contribution >= 0.6 is 0 Å². The molecule has 2 heterocycles. The van der Waals surface area contributed by atoms with Gasteiger partial charge < -0.3 is 15.2 Å². The second-order valence-electron chi connectivity index (χ2n) is 3.32. The van der Waals surface area contributed by atoms with Crippen molar-refractivity contribution in [3.63, 3.8) is 0 Å². The molecule has 2 N–H and O–H groups in total. The minimum Gasteiger partial charge on any atom is -0.355 e. The molecule has 1 atom stereocenters. The molecule has 0 aromatic carbocycles. The van der Waals surface area contributed by atoms with Gasteiger partial charge in [-0.15, -0.1) is 10.2 Å². The average Bonchev–Trinajstić information content (AvgIpc) is 2.75. The predicted molar refractivity (Wildman–Crippen MR) is 52.9 cm³/mol. The fourth-order valence-electron chi connectivity index (χ4n) is 1.45. The number of hydrogen-bond acceptors (Lipinski definition) is 5. The minimum atomic E-state index is 0.117. The number of nitrogens with one attached hydrogen (secondary N) is 2. The lowest BCUT2D eigenvalue weighted by molar-refractivity contribution is 0.618. The van der Waals surface area contributed by atoms with Gasteiger partial charge in [0.05, 0.1) is 12.6 Å². The highest BCUT2D eigenvalue weighted by Crippen LogP contribution is 2.06. The first-order valence-electron chi connectivity index (χ1n) is 4.66. The first kappa shape index (κ1) is 8.98. The molecule has 6 nitrogen and oxygen atoms in total. The zero-order chi connectivity index (χ0) is 9.97. The van der Waals surface area contributed by atoms with Crippen LogP contribution in [0.5, 0.6) is 0 Å². The fourth-order valence-corrected chi connectivity index (χ4v) is 1.45. The number of aryl methyl sites for hydroxylation is 1. The van der Waals surface area contributed by atoms with E-state index in [1.54, 1.807) is 6.33 Å². The van der Waals surface area contributed by atoms with Crippen molar-refractivity contribution >= 4 is 5.96 Å². The summed E-state index contributed by atoms with van der Waals surface area (Å²) in [5.41, 5.74) is 0. The van der Waals surface area contributed by atoms with Gasteiger partial charge in [0.25, 0.3) is 0 Å². The second kappa shape index (κ2) is 3.65. The molecule has 0 aliphatic carbocycles. The van der Waals surface area contributed by atoms with Crippen LogP contribution in [0.15, 0.2) is 11.3 Å². The molecule has 76 valence electrons. The Bertz CT molecular complexity index is 341. The summed E-state index contributed by atoms with van der Waals surface area (Å²) in [5, 5.41) is 14.2. The van der Waals surface area contributed by atoms with Crippen LogP contribution in [0.25, 0.3) is 0 Å². The maximum Gasteiger partial charge on any atom is 0.191 e. The summed E-state index contributed by atoms with van der Waals surface area (Å²) < 4.78 is 1.90. The molecule has 1 unspecified atom stereocenters. The molecule has 0 saturated carbocycles.